The van der Waals surface area contributed by atoms with E-state index in [1.807, 2.05) is 13.8 Å². The Morgan fingerprint density at radius 1 is 1.38 bits per heavy atom. The Morgan fingerprint density at radius 3 is 2.79 bits per heavy atom. The molecule has 0 aromatic carbocycles. The number of nitrogens with zero attached hydrogens (tertiary/aromatic N) is 4. The predicted octanol–water partition coefficient (Wildman–Crippen LogP) is 3.28. The molecule has 1 unspecified atom stereocenters. The standard InChI is InChI=1S/C17H21N5OS/c1-10-13(14-18-7-6-8-22(14)21-10)15(23)19-11(2)16-20-12(9-24-16)17(3,4)5/h6-9,11H,1-5H3,(H,19,23). The third-order valence-corrected chi connectivity index (χ3v) is 4.83. The van der Waals surface area contributed by atoms with Crippen LogP contribution in [0.2, 0.25) is 0 Å². The molecule has 7 heteroatoms. The fourth-order valence-corrected chi connectivity index (χ4v) is 3.48. The fourth-order valence-electron chi connectivity index (χ4n) is 2.42. The van der Waals surface area contributed by atoms with Gasteiger partial charge in [-0.05, 0) is 19.9 Å². The largest absolute Gasteiger partial charge is 0.343 e. The number of aryl methyl sites for hydroxylation is 1. The average molecular weight is 343 g/mol. The van der Waals surface area contributed by atoms with Gasteiger partial charge < -0.3 is 5.32 Å². The molecule has 3 heterocycles. The van der Waals surface area contributed by atoms with Crippen LogP contribution in [-0.4, -0.2) is 25.5 Å². The number of fused-ring (bicyclic) bond motifs is 1. The summed E-state index contributed by atoms with van der Waals surface area (Å²) in [7, 11) is 0. The smallest absolute Gasteiger partial charge is 0.257 e. The van der Waals surface area contributed by atoms with Gasteiger partial charge >= 0.3 is 0 Å². The van der Waals surface area contributed by atoms with E-state index in [-0.39, 0.29) is 17.4 Å². The molecule has 0 saturated heterocycles. The second-order valence-corrected chi connectivity index (χ2v) is 7.75. The number of carbonyl (C=O) groups is 1. The van der Waals surface area contributed by atoms with Crippen molar-refractivity contribution in [2.24, 2.45) is 0 Å². The van der Waals surface area contributed by atoms with E-state index in [2.05, 4.69) is 46.5 Å². The zero-order valence-electron chi connectivity index (χ0n) is 14.5. The molecule has 3 aromatic heterocycles. The normalized spacial score (nSPS) is 13.2. The summed E-state index contributed by atoms with van der Waals surface area (Å²) in [6.45, 7) is 10.1. The van der Waals surface area contributed by atoms with Crippen molar-refractivity contribution in [2.45, 2.75) is 46.1 Å². The molecule has 3 aromatic rings. The van der Waals surface area contributed by atoms with Crippen molar-refractivity contribution < 1.29 is 4.79 Å². The van der Waals surface area contributed by atoms with Gasteiger partial charge in [0.2, 0.25) is 0 Å². The van der Waals surface area contributed by atoms with Gasteiger partial charge in [-0.25, -0.2) is 14.5 Å². The highest BCUT2D eigenvalue weighted by Crippen LogP contribution is 2.27. The van der Waals surface area contributed by atoms with E-state index in [1.165, 1.54) is 0 Å². The predicted molar refractivity (Wildman–Crippen MR) is 94.4 cm³/mol. The SMILES string of the molecule is Cc1nn2cccnc2c1C(=O)NC(C)c1nc(C(C)(C)C)cs1. The van der Waals surface area contributed by atoms with Crippen molar-refractivity contribution >= 4 is 22.9 Å². The molecule has 0 aliphatic carbocycles. The van der Waals surface area contributed by atoms with Crippen LogP contribution < -0.4 is 5.32 Å². The minimum atomic E-state index is -0.179. The van der Waals surface area contributed by atoms with Gasteiger partial charge in [-0.3, -0.25) is 4.79 Å². The maximum atomic E-state index is 12.7. The first-order valence-electron chi connectivity index (χ1n) is 7.84. The van der Waals surface area contributed by atoms with Crippen LogP contribution in [0.3, 0.4) is 0 Å². The lowest BCUT2D eigenvalue weighted by Gasteiger charge is -2.15. The minimum Gasteiger partial charge on any atom is -0.343 e. The maximum Gasteiger partial charge on any atom is 0.257 e. The van der Waals surface area contributed by atoms with E-state index in [9.17, 15) is 4.79 Å². The van der Waals surface area contributed by atoms with Crippen LogP contribution in [0.1, 0.15) is 60.5 Å². The molecule has 0 aliphatic rings. The first kappa shape index (κ1) is 16.6. The zero-order valence-corrected chi connectivity index (χ0v) is 15.3. The molecule has 6 nitrogen and oxygen atoms in total. The molecule has 24 heavy (non-hydrogen) atoms. The van der Waals surface area contributed by atoms with Gasteiger partial charge in [-0.15, -0.1) is 11.3 Å². The average Bonchev–Trinajstić information content (AvgIpc) is 3.10. The highest BCUT2D eigenvalue weighted by molar-refractivity contribution is 7.09. The quantitative estimate of drug-likeness (QED) is 0.792. The zero-order chi connectivity index (χ0) is 17.5. The van der Waals surface area contributed by atoms with Crippen molar-refractivity contribution in [1.29, 1.82) is 0 Å². The molecular formula is C17H21N5OS. The molecule has 0 aliphatic heterocycles. The number of rotatable bonds is 3. The summed E-state index contributed by atoms with van der Waals surface area (Å²) in [6, 6.07) is 1.62. The molecule has 0 fully saturated rings. The van der Waals surface area contributed by atoms with Crippen molar-refractivity contribution in [3.63, 3.8) is 0 Å². The number of amides is 1. The Hall–Kier alpha value is -2.28. The van der Waals surface area contributed by atoms with Gasteiger partial charge in [0, 0.05) is 23.2 Å². The van der Waals surface area contributed by atoms with Crippen LogP contribution in [0, 0.1) is 6.92 Å². The van der Waals surface area contributed by atoms with Crippen LogP contribution in [0.4, 0.5) is 0 Å². The van der Waals surface area contributed by atoms with Gasteiger partial charge in [0.25, 0.3) is 5.91 Å². The maximum absolute atomic E-state index is 12.7. The van der Waals surface area contributed by atoms with Gasteiger partial charge in [-0.2, -0.15) is 5.10 Å². The van der Waals surface area contributed by atoms with Crippen LogP contribution in [0.25, 0.3) is 5.65 Å². The number of hydrogen-bond donors (Lipinski definition) is 1. The summed E-state index contributed by atoms with van der Waals surface area (Å²) < 4.78 is 1.62. The second kappa shape index (κ2) is 5.98. The van der Waals surface area contributed by atoms with Gasteiger partial charge in [0.15, 0.2) is 5.65 Å². The Bertz CT molecular complexity index is 890. The Balaban J connectivity index is 1.83. The fraction of sp³-hybridized carbons (Fsp3) is 0.412. The molecule has 1 atom stereocenters. The Morgan fingerprint density at radius 2 is 2.12 bits per heavy atom. The van der Waals surface area contributed by atoms with Gasteiger partial charge in [0.1, 0.15) is 10.6 Å². The lowest BCUT2D eigenvalue weighted by molar-refractivity contribution is 0.0940. The summed E-state index contributed by atoms with van der Waals surface area (Å²) in [6.07, 6.45) is 3.44. The molecule has 0 spiro atoms. The molecule has 3 rings (SSSR count). The summed E-state index contributed by atoms with van der Waals surface area (Å²) >= 11 is 1.57. The number of aromatic nitrogens is 4. The molecule has 1 amide bonds. The molecule has 1 N–H and O–H groups in total. The lowest BCUT2D eigenvalue weighted by atomic mass is 9.93. The highest BCUT2D eigenvalue weighted by atomic mass is 32.1. The van der Waals surface area contributed by atoms with E-state index in [0.29, 0.717) is 16.9 Å². The monoisotopic (exact) mass is 343 g/mol. The molecule has 0 radical (unpaired) electrons. The summed E-state index contributed by atoms with van der Waals surface area (Å²) in [5.41, 5.74) is 2.77. The van der Waals surface area contributed by atoms with Crippen LogP contribution in [0.5, 0.6) is 0 Å². The number of carbonyl (C=O) groups excluding carboxylic acids is 1. The molecule has 126 valence electrons. The van der Waals surface area contributed by atoms with E-state index in [0.717, 1.165) is 10.7 Å². The van der Waals surface area contributed by atoms with E-state index in [4.69, 9.17) is 0 Å². The van der Waals surface area contributed by atoms with E-state index in [1.54, 1.807) is 34.3 Å². The molecule has 0 saturated carbocycles. The molecule has 0 bridgehead atoms. The van der Waals surface area contributed by atoms with Gasteiger partial charge in [0.05, 0.1) is 17.4 Å². The highest BCUT2D eigenvalue weighted by Gasteiger charge is 2.23. The van der Waals surface area contributed by atoms with Gasteiger partial charge in [-0.1, -0.05) is 20.8 Å². The summed E-state index contributed by atoms with van der Waals surface area (Å²) in [5.74, 6) is -0.179. The van der Waals surface area contributed by atoms with E-state index >= 15 is 0 Å². The Kier molecular flexibility index (Phi) is 4.13. The van der Waals surface area contributed by atoms with Crippen LogP contribution in [-0.2, 0) is 5.41 Å². The minimum absolute atomic E-state index is 0.00142. The van der Waals surface area contributed by atoms with Crippen molar-refractivity contribution in [3.8, 4) is 0 Å². The van der Waals surface area contributed by atoms with Crippen molar-refractivity contribution in [1.82, 2.24) is 24.9 Å². The van der Waals surface area contributed by atoms with Crippen LogP contribution in [0.15, 0.2) is 23.8 Å². The lowest BCUT2D eigenvalue weighted by Crippen LogP contribution is -2.27. The first-order valence-corrected chi connectivity index (χ1v) is 8.72. The number of thiazole rings is 1. The van der Waals surface area contributed by atoms with Crippen molar-refractivity contribution in [3.05, 3.63) is 45.8 Å². The number of nitrogens with one attached hydrogen (secondary N) is 1. The summed E-state index contributed by atoms with van der Waals surface area (Å²) in [5, 5.41) is 10.3. The Labute approximate surface area is 145 Å². The third-order valence-electron chi connectivity index (χ3n) is 3.81. The van der Waals surface area contributed by atoms with Crippen molar-refractivity contribution in [2.75, 3.05) is 0 Å². The van der Waals surface area contributed by atoms with Crippen LogP contribution >= 0.6 is 11.3 Å². The summed E-state index contributed by atoms with van der Waals surface area (Å²) in [4.78, 5) is 21.6. The molecular weight excluding hydrogens is 322 g/mol. The second-order valence-electron chi connectivity index (χ2n) is 6.86. The number of hydrogen-bond acceptors (Lipinski definition) is 5. The third kappa shape index (κ3) is 3.03. The topological polar surface area (TPSA) is 72.2 Å². The first-order chi connectivity index (χ1) is 11.3. The van der Waals surface area contributed by atoms with E-state index < -0.39 is 0 Å².